The predicted octanol–water partition coefficient (Wildman–Crippen LogP) is 2.88. The number of hydrazone groups is 1. The van der Waals surface area contributed by atoms with Crippen molar-refractivity contribution < 1.29 is 9.76 Å². The van der Waals surface area contributed by atoms with Crippen molar-refractivity contribution in [3.05, 3.63) is 24.0 Å². The number of hydrogen-bond donors (Lipinski definition) is 3. The van der Waals surface area contributed by atoms with E-state index in [-0.39, 0.29) is 5.60 Å². The number of aliphatic hydroxyl groups is 1. The number of aromatic nitrogens is 2. The number of H-pyrrole nitrogens is 1. The topological polar surface area (TPSA) is 82.5 Å². The van der Waals surface area contributed by atoms with Gasteiger partial charge in [0.15, 0.2) is 0 Å². The molecule has 3 heterocycles. The van der Waals surface area contributed by atoms with Crippen molar-refractivity contribution in [2.45, 2.75) is 70.5 Å². The summed E-state index contributed by atoms with van der Waals surface area (Å²) >= 11 is 0. The smallest absolute Gasteiger partial charge is 0.333 e. The van der Waals surface area contributed by atoms with Crippen molar-refractivity contribution >= 4 is 29.7 Å². The zero-order valence-corrected chi connectivity index (χ0v) is 18.2. The van der Waals surface area contributed by atoms with Crippen LogP contribution in [-0.4, -0.2) is 46.0 Å². The largest absolute Gasteiger partial charge is 0.429 e. The molecule has 0 spiro atoms. The van der Waals surface area contributed by atoms with E-state index in [1.54, 1.807) is 0 Å². The van der Waals surface area contributed by atoms with E-state index in [2.05, 4.69) is 35.3 Å². The maximum absolute atomic E-state index is 10.9. The zero-order valence-electron chi connectivity index (χ0n) is 18.2. The van der Waals surface area contributed by atoms with Crippen LogP contribution in [0.3, 0.4) is 0 Å². The standard InChI is InChI=1S/C23H32BN4O2/c1-22(2)7-9-27-28-20(16-5-4-14-10-15(16)12-23(3,29)11-14)19-17-6-8-25-21(17)26-13-18(19)24-30-22/h6,8,13-16,27,29H,4-5,7,9-12H2,1-3H3,(H,25,26)/b28-20-. The number of nitrogens with zero attached hydrogens (tertiary/aromatic N) is 2. The monoisotopic (exact) mass is 407 g/mol. The molecule has 30 heavy (non-hydrogen) atoms. The van der Waals surface area contributed by atoms with Gasteiger partial charge in [-0.2, -0.15) is 5.10 Å². The van der Waals surface area contributed by atoms with Crippen LogP contribution in [0.5, 0.6) is 0 Å². The molecule has 4 atom stereocenters. The second-order valence-electron chi connectivity index (χ2n) is 10.4. The Morgan fingerprint density at radius 2 is 2.10 bits per heavy atom. The first-order valence-corrected chi connectivity index (χ1v) is 11.3. The van der Waals surface area contributed by atoms with Gasteiger partial charge in [0.1, 0.15) is 5.65 Å². The highest BCUT2D eigenvalue weighted by Crippen LogP contribution is 2.48. The summed E-state index contributed by atoms with van der Waals surface area (Å²) in [7, 11) is 1.87. The summed E-state index contributed by atoms with van der Waals surface area (Å²) in [6, 6.07) is 2.09. The third-order valence-corrected chi connectivity index (χ3v) is 7.29. The molecule has 2 aromatic heterocycles. The lowest BCUT2D eigenvalue weighted by molar-refractivity contribution is -0.0450. The molecule has 1 radical (unpaired) electrons. The number of hydrogen-bond acceptors (Lipinski definition) is 5. The van der Waals surface area contributed by atoms with E-state index >= 15 is 0 Å². The maximum atomic E-state index is 10.9. The van der Waals surface area contributed by atoms with Gasteiger partial charge in [-0.05, 0) is 82.7 Å². The average Bonchev–Trinajstić information content (AvgIpc) is 3.15. The van der Waals surface area contributed by atoms with E-state index < -0.39 is 5.60 Å². The Labute approximate surface area is 179 Å². The number of nitrogens with one attached hydrogen (secondary N) is 2. The Bertz CT molecular complexity index is 967. The van der Waals surface area contributed by atoms with Crippen molar-refractivity contribution in [3.8, 4) is 0 Å². The number of aromatic amines is 1. The van der Waals surface area contributed by atoms with Crippen LogP contribution in [-0.2, 0) is 4.65 Å². The van der Waals surface area contributed by atoms with E-state index in [1.165, 1.54) is 6.42 Å². The van der Waals surface area contributed by atoms with Crippen molar-refractivity contribution in [2.75, 3.05) is 6.54 Å². The molecular formula is C23H32BN4O2. The van der Waals surface area contributed by atoms with Gasteiger partial charge in [0, 0.05) is 41.4 Å². The van der Waals surface area contributed by atoms with Crippen LogP contribution < -0.4 is 10.9 Å². The summed E-state index contributed by atoms with van der Waals surface area (Å²) in [4.78, 5) is 7.86. The summed E-state index contributed by atoms with van der Waals surface area (Å²) in [6.45, 7) is 6.97. The van der Waals surface area contributed by atoms with Gasteiger partial charge in [0.25, 0.3) is 0 Å². The van der Waals surface area contributed by atoms with Crippen molar-refractivity contribution in [1.82, 2.24) is 15.4 Å². The molecule has 3 N–H and O–H groups in total. The van der Waals surface area contributed by atoms with Crippen molar-refractivity contribution in [3.63, 3.8) is 0 Å². The molecule has 159 valence electrons. The fourth-order valence-electron chi connectivity index (χ4n) is 5.90. The fraction of sp³-hybridized carbons (Fsp3) is 0.652. The normalized spacial score (nSPS) is 35.5. The molecule has 2 aliphatic carbocycles. The first kappa shape index (κ1) is 20.1. The molecule has 3 aliphatic rings. The highest BCUT2D eigenvalue weighted by Gasteiger charge is 2.44. The molecule has 0 saturated heterocycles. The second kappa shape index (κ2) is 7.38. The molecule has 2 fully saturated rings. The SMILES string of the molecule is CC1(O)CC2CCC(/C3=N/NCCC(C)(C)O[B]c4cnc5[nH]ccc5c43)C(C2)C1. The van der Waals surface area contributed by atoms with Gasteiger partial charge in [-0.3, -0.25) is 0 Å². The quantitative estimate of drug-likeness (QED) is 0.635. The Hall–Kier alpha value is -1.86. The summed E-state index contributed by atoms with van der Waals surface area (Å²) in [6.07, 6.45) is 9.92. The highest BCUT2D eigenvalue weighted by molar-refractivity contribution is 6.50. The van der Waals surface area contributed by atoms with E-state index in [4.69, 9.17) is 9.76 Å². The Morgan fingerprint density at radius 3 is 2.97 bits per heavy atom. The summed E-state index contributed by atoms with van der Waals surface area (Å²) in [5.41, 5.74) is 6.56. The molecule has 1 aliphatic heterocycles. The number of rotatable bonds is 1. The Morgan fingerprint density at radius 1 is 1.23 bits per heavy atom. The molecule has 0 aromatic carbocycles. The second-order valence-corrected chi connectivity index (χ2v) is 10.4. The third kappa shape index (κ3) is 3.78. The predicted molar refractivity (Wildman–Crippen MR) is 120 cm³/mol. The molecular weight excluding hydrogens is 375 g/mol. The molecule has 0 amide bonds. The average molecular weight is 407 g/mol. The van der Waals surface area contributed by atoms with E-state index in [1.807, 2.05) is 26.8 Å². The van der Waals surface area contributed by atoms with Gasteiger partial charge in [-0.1, -0.05) is 0 Å². The van der Waals surface area contributed by atoms with Crippen LogP contribution in [0.1, 0.15) is 64.9 Å². The van der Waals surface area contributed by atoms with Gasteiger partial charge in [-0.15, -0.1) is 0 Å². The van der Waals surface area contributed by atoms with Gasteiger partial charge in [0.2, 0.25) is 0 Å². The lowest BCUT2D eigenvalue weighted by atomic mass is 9.60. The lowest BCUT2D eigenvalue weighted by Crippen LogP contribution is -2.46. The van der Waals surface area contributed by atoms with Crippen LogP contribution in [0.25, 0.3) is 11.0 Å². The molecule has 7 heteroatoms. The molecule has 6 nitrogen and oxygen atoms in total. The maximum Gasteiger partial charge on any atom is 0.333 e. The van der Waals surface area contributed by atoms with Crippen LogP contribution in [0, 0.1) is 17.8 Å². The van der Waals surface area contributed by atoms with Crippen LogP contribution in [0.4, 0.5) is 0 Å². The molecule has 5 rings (SSSR count). The fourth-order valence-corrected chi connectivity index (χ4v) is 5.90. The van der Waals surface area contributed by atoms with Gasteiger partial charge >= 0.3 is 7.48 Å². The number of pyridine rings is 1. The molecule has 4 unspecified atom stereocenters. The first-order valence-electron chi connectivity index (χ1n) is 11.3. The summed E-state index contributed by atoms with van der Waals surface area (Å²) in [5, 5.41) is 17.0. The lowest BCUT2D eigenvalue weighted by Gasteiger charge is -2.47. The van der Waals surface area contributed by atoms with Gasteiger partial charge in [-0.25, -0.2) is 4.98 Å². The van der Waals surface area contributed by atoms with Crippen molar-refractivity contribution in [2.24, 2.45) is 22.9 Å². The van der Waals surface area contributed by atoms with E-state index in [0.717, 1.165) is 66.4 Å². The molecule has 2 aromatic rings. The minimum Gasteiger partial charge on any atom is -0.429 e. The minimum absolute atomic E-state index is 0.273. The van der Waals surface area contributed by atoms with Gasteiger partial charge < -0.3 is 20.2 Å². The molecule has 2 saturated carbocycles. The minimum atomic E-state index is -0.569. The van der Waals surface area contributed by atoms with Crippen molar-refractivity contribution in [1.29, 1.82) is 0 Å². The Kier molecular flexibility index (Phi) is 4.94. The van der Waals surface area contributed by atoms with Crippen LogP contribution in [0.2, 0.25) is 0 Å². The zero-order chi connectivity index (χ0) is 20.9. The molecule has 2 bridgehead atoms. The van der Waals surface area contributed by atoms with E-state index in [9.17, 15) is 5.11 Å². The summed E-state index contributed by atoms with van der Waals surface area (Å²) < 4.78 is 6.20. The third-order valence-electron chi connectivity index (χ3n) is 7.29. The first-order chi connectivity index (χ1) is 14.3. The number of fused-ring (bicyclic) bond motifs is 5. The van der Waals surface area contributed by atoms with Gasteiger partial charge in [0.05, 0.1) is 11.3 Å². The summed E-state index contributed by atoms with van der Waals surface area (Å²) in [5.74, 6) is 1.40. The highest BCUT2D eigenvalue weighted by atomic mass is 16.5. The van der Waals surface area contributed by atoms with Crippen LogP contribution in [0.15, 0.2) is 23.6 Å². The Balaban J connectivity index is 1.60. The van der Waals surface area contributed by atoms with Crippen LogP contribution >= 0.6 is 0 Å². The van der Waals surface area contributed by atoms with E-state index in [0.29, 0.717) is 17.8 Å².